The molecular formula is C14H15N3OS. The quantitative estimate of drug-likeness (QED) is 0.744. The van der Waals surface area contributed by atoms with Gasteiger partial charge in [0, 0.05) is 10.4 Å². The first kappa shape index (κ1) is 12.0. The highest BCUT2D eigenvalue weighted by molar-refractivity contribution is 7.13. The SMILES string of the molecule is Cc1oc(C)c(-c2[nH]nc(N)c2-c2cccs2)c1C. The van der Waals surface area contributed by atoms with Crippen molar-refractivity contribution in [3.05, 3.63) is 34.6 Å². The van der Waals surface area contributed by atoms with Crippen LogP contribution in [0.25, 0.3) is 21.7 Å². The van der Waals surface area contributed by atoms with Crippen LogP contribution in [0.5, 0.6) is 0 Å². The number of hydrogen-bond acceptors (Lipinski definition) is 4. The van der Waals surface area contributed by atoms with Gasteiger partial charge in [-0.25, -0.2) is 0 Å². The van der Waals surface area contributed by atoms with Crippen LogP contribution in [0.2, 0.25) is 0 Å². The van der Waals surface area contributed by atoms with Crippen molar-refractivity contribution in [2.75, 3.05) is 5.73 Å². The zero-order valence-electron chi connectivity index (χ0n) is 11.1. The van der Waals surface area contributed by atoms with Crippen LogP contribution in [0.3, 0.4) is 0 Å². The van der Waals surface area contributed by atoms with Gasteiger partial charge in [-0.2, -0.15) is 5.10 Å². The number of H-pyrrole nitrogens is 1. The summed E-state index contributed by atoms with van der Waals surface area (Å²) in [4.78, 5) is 1.11. The van der Waals surface area contributed by atoms with Gasteiger partial charge >= 0.3 is 0 Å². The molecule has 0 spiro atoms. The molecule has 3 aromatic heterocycles. The summed E-state index contributed by atoms with van der Waals surface area (Å²) >= 11 is 1.65. The van der Waals surface area contributed by atoms with E-state index in [1.54, 1.807) is 11.3 Å². The van der Waals surface area contributed by atoms with E-state index in [0.29, 0.717) is 5.82 Å². The third-order valence-corrected chi connectivity index (χ3v) is 4.26. The van der Waals surface area contributed by atoms with Crippen LogP contribution in [-0.2, 0) is 0 Å². The molecule has 0 fully saturated rings. The van der Waals surface area contributed by atoms with Crippen molar-refractivity contribution in [3.63, 3.8) is 0 Å². The maximum absolute atomic E-state index is 6.01. The van der Waals surface area contributed by atoms with E-state index in [1.165, 1.54) is 0 Å². The van der Waals surface area contributed by atoms with E-state index in [9.17, 15) is 0 Å². The number of aromatic nitrogens is 2. The Hall–Kier alpha value is -2.01. The Morgan fingerprint density at radius 3 is 2.58 bits per heavy atom. The normalized spacial score (nSPS) is 11.1. The molecule has 0 aromatic carbocycles. The summed E-state index contributed by atoms with van der Waals surface area (Å²) < 4.78 is 5.70. The Morgan fingerprint density at radius 1 is 1.21 bits per heavy atom. The maximum Gasteiger partial charge on any atom is 0.154 e. The summed E-state index contributed by atoms with van der Waals surface area (Å²) in [5, 5.41) is 9.24. The van der Waals surface area contributed by atoms with Gasteiger partial charge in [0.25, 0.3) is 0 Å². The Kier molecular flexibility index (Phi) is 2.71. The molecule has 0 amide bonds. The minimum atomic E-state index is 0.523. The second kappa shape index (κ2) is 4.28. The number of hydrogen-bond donors (Lipinski definition) is 2. The first-order valence-corrected chi connectivity index (χ1v) is 6.92. The molecule has 0 aliphatic rings. The van der Waals surface area contributed by atoms with Crippen LogP contribution in [0.1, 0.15) is 17.1 Å². The second-order valence-electron chi connectivity index (χ2n) is 4.55. The summed E-state index contributed by atoms with van der Waals surface area (Å²) in [6.07, 6.45) is 0. The number of aromatic amines is 1. The topological polar surface area (TPSA) is 67.8 Å². The first-order chi connectivity index (χ1) is 9.09. The lowest BCUT2D eigenvalue weighted by Crippen LogP contribution is -1.88. The van der Waals surface area contributed by atoms with Crippen molar-refractivity contribution in [1.29, 1.82) is 0 Å². The third-order valence-electron chi connectivity index (χ3n) is 3.37. The van der Waals surface area contributed by atoms with Gasteiger partial charge in [0.15, 0.2) is 5.82 Å². The van der Waals surface area contributed by atoms with Crippen LogP contribution in [-0.4, -0.2) is 10.2 Å². The molecule has 0 atom stereocenters. The molecule has 0 saturated carbocycles. The Balaban J connectivity index is 2.28. The number of nitrogens with zero attached hydrogens (tertiary/aromatic N) is 1. The molecule has 3 heterocycles. The van der Waals surface area contributed by atoms with Crippen LogP contribution >= 0.6 is 11.3 Å². The zero-order chi connectivity index (χ0) is 13.6. The predicted molar refractivity (Wildman–Crippen MR) is 78.2 cm³/mol. The molecule has 98 valence electrons. The number of anilines is 1. The molecule has 0 saturated heterocycles. The molecule has 3 aromatic rings. The van der Waals surface area contributed by atoms with Gasteiger partial charge in [-0.15, -0.1) is 11.3 Å². The summed E-state index contributed by atoms with van der Waals surface area (Å²) in [5.41, 5.74) is 10.1. The number of thiophene rings is 1. The Bertz CT molecular complexity index is 722. The van der Waals surface area contributed by atoms with Gasteiger partial charge in [0.05, 0.1) is 11.3 Å². The summed E-state index contributed by atoms with van der Waals surface area (Å²) in [6.45, 7) is 5.98. The minimum absolute atomic E-state index is 0.523. The van der Waals surface area contributed by atoms with E-state index in [1.807, 2.05) is 31.4 Å². The maximum atomic E-state index is 6.01. The van der Waals surface area contributed by atoms with Crippen molar-refractivity contribution in [2.45, 2.75) is 20.8 Å². The van der Waals surface area contributed by atoms with E-state index >= 15 is 0 Å². The molecule has 0 bridgehead atoms. The van der Waals surface area contributed by atoms with Gasteiger partial charge in [-0.1, -0.05) is 6.07 Å². The molecular weight excluding hydrogens is 258 g/mol. The van der Waals surface area contributed by atoms with Crippen molar-refractivity contribution in [1.82, 2.24) is 10.2 Å². The molecule has 3 N–H and O–H groups in total. The fraction of sp³-hybridized carbons (Fsp3) is 0.214. The molecule has 5 heteroatoms. The lowest BCUT2D eigenvalue weighted by molar-refractivity contribution is 0.503. The van der Waals surface area contributed by atoms with Gasteiger partial charge < -0.3 is 10.2 Å². The van der Waals surface area contributed by atoms with Crippen LogP contribution in [0, 0.1) is 20.8 Å². The van der Waals surface area contributed by atoms with Gasteiger partial charge in [-0.05, 0) is 37.8 Å². The number of furan rings is 1. The number of aryl methyl sites for hydroxylation is 2. The largest absolute Gasteiger partial charge is 0.466 e. The number of rotatable bonds is 2. The van der Waals surface area contributed by atoms with E-state index in [4.69, 9.17) is 10.2 Å². The lowest BCUT2D eigenvalue weighted by Gasteiger charge is -2.02. The second-order valence-corrected chi connectivity index (χ2v) is 5.50. The molecule has 0 aliphatic carbocycles. The minimum Gasteiger partial charge on any atom is -0.466 e. The molecule has 19 heavy (non-hydrogen) atoms. The highest BCUT2D eigenvalue weighted by atomic mass is 32.1. The highest BCUT2D eigenvalue weighted by Crippen LogP contribution is 2.40. The van der Waals surface area contributed by atoms with Gasteiger partial charge in [0.1, 0.15) is 11.5 Å². The van der Waals surface area contributed by atoms with Crippen LogP contribution in [0.15, 0.2) is 21.9 Å². The van der Waals surface area contributed by atoms with E-state index < -0.39 is 0 Å². The lowest BCUT2D eigenvalue weighted by atomic mass is 10.0. The average Bonchev–Trinajstić information content (AvgIpc) is 3.03. The highest BCUT2D eigenvalue weighted by Gasteiger charge is 2.21. The van der Waals surface area contributed by atoms with E-state index in [2.05, 4.69) is 17.1 Å². The molecule has 0 radical (unpaired) electrons. The standard InChI is InChI=1S/C14H15N3OS/c1-7-8(2)18-9(3)11(7)13-12(14(15)17-16-13)10-5-4-6-19-10/h4-6H,1-3H3,(H3,15,16,17). The first-order valence-electron chi connectivity index (χ1n) is 6.04. The summed E-state index contributed by atoms with van der Waals surface area (Å²) in [6, 6.07) is 4.06. The molecule has 3 rings (SSSR count). The van der Waals surface area contributed by atoms with Gasteiger partial charge in [-0.3, -0.25) is 5.10 Å². The summed E-state index contributed by atoms with van der Waals surface area (Å²) in [7, 11) is 0. The smallest absolute Gasteiger partial charge is 0.154 e. The van der Waals surface area contributed by atoms with E-state index in [-0.39, 0.29) is 0 Å². The number of nitrogens with two attached hydrogens (primary N) is 1. The average molecular weight is 273 g/mol. The summed E-state index contributed by atoms with van der Waals surface area (Å²) in [5.74, 6) is 2.34. The zero-order valence-corrected chi connectivity index (χ0v) is 11.9. The molecule has 0 unspecified atom stereocenters. The Labute approximate surface area is 115 Å². The van der Waals surface area contributed by atoms with Crippen molar-refractivity contribution < 1.29 is 4.42 Å². The monoisotopic (exact) mass is 273 g/mol. The van der Waals surface area contributed by atoms with Crippen LogP contribution < -0.4 is 5.73 Å². The van der Waals surface area contributed by atoms with E-state index in [0.717, 1.165) is 38.8 Å². The van der Waals surface area contributed by atoms with Crippen LogP contribution in [0.4, 0.5) is 5.82 Å². The fourth-order valence-electron chi connectivity index (χ4n) is 2.37. The molecule has 0 aliphatic heterocycles. The Morgan fingerprint density at radius 2 is 2.00 bits per heavy atom. The third kappa shape index (κ3) is 1.77. The predicted octanol–water partition coefficient (Wildman–Crippen LogP) is 3.91. The number of nitrogens with one attached hydrogen (secondary N) is 1. The molecule has 4 nitrogen and oxygen atoms in total. The fourth-order valence-corrected chi connectivity index (χ4v) is 3.15. The van der Waals surface area contributed by atoms with Crippen molar-refractivity contribution >= 4 is 17.2 Å². The number of nitrogen functional groups attached to an aromatic ring is 1. The van der Waals surface area contributed by atoms with Crippen molar-refractivity contribution in [2.24, 2.45) is 0 Å². The van der Waals surface area contributed by atoms with Crippen molar-refractivity contribution in [3.8, 4) is 21.7 Å². The van der Waals surface area contributed by atoms with Gasteiger partial charge in [0.2, 0.25) is 0 Å².